The van der Waals surface area contributed by atoms with E-state index in [2.05, 4.69) is 21.0 Å². The van der Waals surface area contributed by atoms with Crippen LogP contribution in [0.15, 0.2) is 35.1 Å². The summed E-state index contributed by atoms with van der Waals surface area (Å²) in [6.07, 6.45) is 1.62. The van der Waals surface area contributed by atoms with E-state index in [1.54, 1.807) is 23.0 Å². The van der Waals surface area contributed by atoms with Crippen molar-refractivity contribution < 1.29 is 4.39 Å². The molecule has 1 heterocycles. The Morgan fingerprint density at radius 3 is 2.71 bits per heavy atom. The van der Waals surface area contributed by atoms with Crippen molar-refractivity contribution >= 4 is 27.5 Å². The summed E-state index contributed by atoms with van der Waals surface area (Å²) in [5.41, 5.74) is 0.628. The molecule has 0 saturated carbocycles. The van der Waals surface area contributed by atoms with Gasteiger partial charge in [0, 0.05) is 6.07 Å². The first-order chi connectivity index (χ1) is 6.68. The Morgan fingerprint density at radius 1 is 1.36 bits per heavy atom. The van der Waals surface area contributed by atoms with Gasteiger partial charge in [-0.1, -0.05) is 11.6 Å². The van der Waals surface area contributed by atoms with Crippen LogP contribution in [0.2, 0.25) is 5.02 Å². The number of rotatable bonds is 1. The topological polar surface area (TPSA) is 17.8 Å². The maximum atomic E-state index is 13.1. The minimum absolute atomic E-state index is 0.108. The van der Waals surface area contributed by atoms with Crippen LogP contribution in [0.25, 0.3) is 5.69 Å². The molecule has 2 rings (SSSR count). The van der Waals surface area contributed by atoms with Gasteiger partial charge in [-0.2, -0.15) is 5.10 Å². The van der Waals surface area contributed by atoms with Crippen LogP contribution in [0, 0.1) is 5.82 Å². The van der Waals surface area contributed by atoms with Gasteiger partial charge in [-0.05, 0) is 34.1 Å². The van der Waals surface area contributed by atoms with Gasteiger partial charge in [0.25, 0.3) is 0 Å². The normalized spacial score (nSPS) is 10.5. The highest BCUT2D eigenvalue weighted by molar-refractivity contribution is 9.10. The van der Waals surface area contributed by atoms with Crippen molar-refractivity contribution in [3.05, 3.63) is 45.9 Å². The van der Waals surface area contributed by atoms with Gasteiger partial charge >= 0.3 is 0 Å². The largest absolute Gasteiger partial charge is 0.227 e. The van der Waals surface area contributed by atoms with Gasteiger partial charge in [0.15, 0.2) is 0 Å². The maximum absolute atomic E-state index is 13.1. The van der Waals surface area contributed by atoms with Gasteiger partial charge in [-0.15, -0.1) is 0 Å². The van der Waals surface area contributed by atoms with Crippen LogP contribution in [-0.4, -0.2) is 9.78 Å². The molecule has 1 aromatic heterocycles. The molecule has 2 aromatic rings. The molecule has 1 aromatic carbocycles. The molecule has 14 heavy (non-hydrogen) atoms. The second kappa shape index (κ2) is 3.71. The summed E-state index contributed by atoms with van der Waals surface area (Å²) in [6.45, 7) is 0. The van der Waals surface area contributed by atoms with Gasteiger partial charge in [0.2, 0.25) is 0 Å². The zero-order chi connectivity index (χ0) is 10.1. The highest BCUT2D eigenvalue weighted by atomic mass is 79.9. The Labute approximate surface area is 93.4 Å². The summed E-state index contributed by atoms with van der Waals surface area (Å²) < 4.78 is 15.4. The number of hydrogen-bond acceptors (Lipinski definition) is 1. The SMILES string of the molecule is Fc1cc(-n2nccc2Br)ccc1Cl. The molecule has 0 aliphatic rings. The van der Waals surface area contributed by atoms with Gasteiger partial charge < -0.3 is 0 Å². The summed E-state index contributed by atoms with van der Waals surface area (Å²) in [5, 5.41) is 4.13. The predicted molar refractivity (Wildman–Crippen MR) is 56.2 cm³/mol. The molecule has 0 saturated heterocycles. The lowest BCUT2D eigenvalue weighted by Crippen LogP contribution is -1.96. The minimum atomic E-state index is -0.452. The molecule has 0 aliphatic heterocycles. The number of benzene rings is 1. The minimum Gasteiger partial charge on any atom is -0.227 e. The molecule has 2 nitrogen and oxygen atoms in total. The molecule has 0 N–H and O–H groups in total. The predicted octanol–water partition coefficient (Wildman–Crippen LogP) is 3.43. The molecule has 0 aliphatic carbocycles. The van der Waals surface area contributed by atoms with Crippen LogP contribution in [-0.2, 0) is 0 Å². The monoisotopic (exact) mass is 274 g/mol. The van der Waals surface area contributed by atoms with E-state index < -0.39 is 5.82 Å². The maximum Gasteiger partial charge on any atom is 0.143 e. The Bertz CT molecular complexity index is 470. The van der Waals surface area contributed by atoms with Crippen LogP contribution in [0.1, 0.15) is 0 Å². The smallest absolute Gasteiger partial charge is 0.143 e. The molecule has 0 unspecified atom stereocenters. The molecule has 0 bridgehead atoms. The van der Waals surface area contributed by atoms with E-state index >= 15 is 0 Å². The first-order valence-corrected chi connectivity index (χ1v) is 5.00. The Kier molecular flexibility index (Phi) is 2.56. The average Bonchev–Trinajstić information content (AvgIpc) is 2.57. The number of aromatic nitrogens is 2. The van der Waals surface area contributed by atoms with Crippen LogP contribution in [0.5, 0.6) is 0 Å². The molecule has 0 amide bonds. The Hall–Kier alpha value is -0.870. The molecular formula is C9H5BrClFN2. The van der Waals surface area contributed by atoms with Crippen LogP contribution in [0.3, 0.4) is 0 Å². The van der Waals surface area contributed by atoms with Crippen molar-refractivity contribution in [3.63, 3.8) is 0 Å². The van der Waals surface area contributed by atoms with Crippen molar-refractivity contribution in [2.45, 2.75) is 0 Å². The zero-order valence-corrected chi connectivity index (χ0v) is 9.26. The molecule has 0 spiro atoms. The van der Waals surface area contributed by atoms with Crippen LogP contribution >= 0.6 is 27.5 Å². The summed E-state index contributed by atoms with van der Waals surface area (Å²) in [7, 11) is 0. The van der Waals surface area contributed by atoms with Gasteiger partial charge in [0.1, 0.15) is 10.4 Å². The fraction of sp³-hybridized carbons (Fsp3) is 0. The van der Waals surface area contributed by atoms with Gasteiger partial charge in [-0.3, -0.25) is 0 Å². The van der Waals surface area contributed by atoms with E-state index in [1.807, 2.05) is 0 Å². The van der Waals surface area contributed by atoms with Gasteiger partial charge in [-0.25, -0.2) is 9.07 Å². The van der Waals surface area contributed by atoms with Crippen LogP contribution in [0.4, 0.5) is 4.39 Å². The van der Waals surface area contributed by atoms with Crippen molar-refractivity contribution in [1.29, 1.82) is 0 Å². The third kappa shape index (κ3) is 1.67. The first kappa shape index (κ1) is 9.68. The second-order valence-electron chi connectivity index (χ2n) is 2.66. The lowest BCUT2D eigenvalue weighted by molar-refractivity contribution is 0.625. The summed E-state index contributed by atoms with van der Waals surface area (Å²) >= 11 is 8.86. The van der Waals surface area contributed by atoms with Crippen LogP contribution < -0.4 is 0 Å². The molecule has 0 radical (unpaired) electrons. The van der Waals surface area contributed by atoms with E-state index in [4.69, 9.17) is 11.6 Å². The average molecular weight is 276 g/mol. The van der Waals surface area contributed by atoms with Crippen molar-refractivity contribution in [2.24, 2.45) is 0 Å². The standard InChI is InChI=1S/C9H5BrClFN2/c10-9-3-4-13-14(9)6-1-2-7(11)8(12)5-6/h1-5H. The number of halogens is 3. The van der Waals surface area contributed by atoms with E-state index in [1.165, 1.54) is 12.1 Å². The van der Waals surface area contributed by atoms with Gasteiger partial charge in [0.05, 0.1) is 16.9 Å². The lowest BCUT2D eigenvalue weighted by atomic mass is 10.3. The fourth-order valence-electron chi connectivity index (χ4n) is 1.09. The van der Waals surface area contributed by atoms with E-state index in [9.17, 15) is 4.39 Å². The Balaban J connectivity index is 2.53. The van der Waals surface area contributed by atoms with Crippen molar-refractivity contribution in [1.82, 2.24) is 9.78 Å². The van der Waals surface area contributed by atoms with E-state index in [0.29, 0.717) is 5.69 Å². The highest BCUT2D eigenvalue weighted by Crippen LogP contribution is 2.20. The quantitative estimate of drug-likeness (QED) is 0.780. The summed E-state index contributed by atoms with van der Waals surface area (Å²) in [5.74, 6) is -0.452. The van der Waals surface area contributed by atoms with Crippen molar-refractivity contribution in [2.75, 3.05) is 0 Å². The molecule has 0 fully saturated rings. The number of hydrogen-bond donors (Lipinski definition) is 0. The highest BCUT2D eigenvalue weighted by Gasteiger charge is 2.05. The molecule has 0 atom stereocenters. The first-order valence-electron chi connectivity index (χ1n) is 3.83. The zero-order valence-electron chi connectivity index (χ0n) is 6.92. The second-order valence-corrected chi connectivity index (χ2v) is 3.88. The lowest BCUT2D eigenvalue weighted by Gasteiger charge is -2.03. The third-order valence-electron chi connectivity index (χ3n) is 1.74. The third-order valence-corrected chi connectivity index (χ3v) is 2.65. The molecule has 72 valence electrons. The Morgan fingerprint density at radius 2 is 2.14 bits per heavy atom. The van der Waals surface area contributed by atoms with Crippen molar-refractivity contribution in [3.8, 4) is 5.69 Å². The van der Waals surface area contributed by atoms with E-state index in [0.717, 1.165) is 4.60 Å². The molecule has 5 heteroatoms. The molecular weight excluding hydrogens is 270 g/mol. The van der Waals surface area contributed by atoms with E-state index in [-0.39, 0.29) is 5.02 Å². The summed E-state index contributed by atoms with van der Waals surface area (Å²) in [6, 6.07) is 6.30. The number of nitrogens with zero attached hydrogens (tertiary/aromatic N) is 2. The summed E-state index contributed by atoms with van der Waals surface area (Å²) in [4.78, 5) is 0. The fourth-order valence-corrected chi connectivity index (χ4v) is 1.63.